The fourth-order valence-corrected chi connectivity index (χ4v) is 1.99. The van der Waals surface area contributed by atoms with Gasteiger partial charge < -0.3 is 19.5 Å². The van der Waals surface area contributed by atoms with E-state index in [1.165, 1.54) is 24.3 Å². The maximum absolute atomic E-state index is 12.8. The van der Waals surface area contributed by atoms with Gasteiger partial charge >= 0.3 is 0 Å². The van der Waals surface area contributed by atoms with Gasteiger partial charge in [-0.1, -0.05) is 0 Å². The Labute approximate surface area is 126 Å². The topological polar surface area (TPSA) is 56.8 Å². The van der Waals surface area contributed by atoms with E-state index >= 15 is 0 Å². The predicted molar refractivity (Wildman–Crippen MR) is 78.0 cm³/mol. The van der Waals surface area contributed by atoms with Gasteiger partial charge in [0.25, 0.3) is 5.91 Å². The Morgan fingerprint density at radius 2 is 1.82 bits per heavy atom. The zero-order chi connectivity index (χ0) is 15.4. The van der Waals surface area contributed by atoms with E-state index in [-0.39, 0.29) is 18.3 Å². The lowest BCUT2D eigenvalue weighted by Gasteiger charge is -2.18. The maximum Gasteiger partial charge on any atom is 0.262 e. The van der Waals surface area contributed by atoms with Crippen molar-refractivity contribution >= 4 is 11.6 Å². The molecule has 0 bridgehead atoms. The van der Waals surface area contributed by atoms with Gasteiger partial charge in [-0.2, -0.15) is 0 Å². The number of carbonyl (C=O) groups is 1. The molecule has 2 aromatic carbocycles. The van der Waals surface area contributed by atoms with Crippen LogP contribution in [0.3, 0.4) is 0 Å². The average Bonchev–Trinajstić information content (AvgIpc) is 2.55. The predicted octanol–water partition coefficient (Wildman–Crippen LogP) is 2.61. The molecule has 0 radical (unpaired) electrons. The van der Waals surface area contributed by atoms with Crippen LogP contribution in [0.25, 0.3) is 0 Å². The molecular weight excluding hydrogens is 289 g/mol. The highest BCUT2D eigenvalue weighted by atomic mass is 19.1. The van der Waals surface area contributed by atoms with Crippen LogP contribution in [-0.2, 0) is 4.79 Å². The third-order valence-corrected chi connectivity index (χ3v) is 3.01. The molecule has 0 aliphatic carbocycles. The Morgan fingerprint density at radius 3 is 2.59 bits per heavy atom. The lowest BCUT2D eigenvalue weighted by Crippen LogP contribution is -2.20. The molecule has 0 saturated heterocycles. The van der Waals surface area contributed by atoms with Crippen LogP contribution >= 0.6 is 0 Å². The molecule has 0 fully saturated rings. The minimum absolute atomic E-state index is 0.156. The lowest BCUT2D eigenvalue weighted by atomic mass is 10.3. The van der Waals surface area contributed by atoms with Crippen molar-refractivity contribution in [2.45, 2.75) is 0 Å². The second kappa shape index (κ2) is 6.34. The van der Waals surface area contributed by atoms with Crippen LogP contribution in [0.5, 0.6) is 17.2 Å². The summed E-state index contributed by atoms with van der Waals surface area (Å²) in [5.41, 5.74) is 0.511. The summed E-state index contributed by atoms with van der Waals surface area (Å²) >= 11 is 0. The van der Waals surface area contributed by atoms with E-state index in [0.29, 0.717) is 36.1 Å². The number of hydrogen-bond acceptors (Lipinski definition) is 4. The first kappa shape index (κ1) is 14.2. The molecule has 1 aliphatic rings. The zero-order valence-corrected chi connectivity index (χ0v) is 11.7. The molecule has 1 N–H and O–H groups in total. The van der Waals surface area contributed by atoms with Crippen molar-refractivity contribution in [3.05, 3.63) is 48.3 Å². The van der Waals surface area contributed by atoms with Crippen LogP contribution in [0.4, 0.5) is 10.1 Å². The largest absolute Gasteiger partial charge is 0.486 e. The Hall–Kier alpha value is -2.76. The third-order valence-electron chi connectivity index (χ3n) is 3.01. The summed E-state index contributed by atoms with van der Waals surface area (Å²) in [6.07, 6.45) is 0. The van der Waals surface area contributed by atoms with E-state index in [1.807, 2.05) is 0 Å². The minimum atomic E-state index is -0.356. The van der Waals surface area contributed by atoms with Gasteiger partial charge in [-0.3, -0.25) is 4.79 Å². The molecule has 6 heteroatoms. The Balaban J connectivity index is 1.55. The summed E-state index contributed by atoms with van der Waals surface area (Å²) < 4.78 is 29.0. The minimum Gasteiger partial charge on any atom is -0.486 e. The van der Waals surface area contributed by atoms with Crippen LogP contribution in [0, 0.1) is 5.82 Å². The number of nitrogens with one attached hydrogen (secondary N) is 1. The summed E-state index contributed by atoms with van der Waals surface area (Å²) in [5.74, 6) is 1.09. The van der Waals surface area contributed by atoms with Gasteiger partial charge in [0.15, 0.2) is 18.1 Å². The normalized spacial score (nSPS) is 12.6. The van der Waals surface area contributed by atoms with Gasteiger partial charge in [0.05, 0.1) is 0 Å². The van der Waals surface area contributed by atoms with Crippen molar-refractivity contribution < 1.29 is 23.4 Å². The van der Waals surface area contributed by atoms with Crippen LogP contribution in [0.2, 0.25) is 0 Å². The molecule has 0 atom stereocenters. The molecular formula is C16H14FNO4. The first-order chi connectivity index (χ1) is 10.7. The first-order valence-corrected chi connectivity index (χ1v) is 6.78. The summed E-state index contributed by atoms with van der Waals surface area (Å²) in [5, 5.41) is 2.62. The molecule has 1 heterocycles. The molecule has 22 heavy (non-hydrogen) atoms. The average molecular weight is 303 g/mol. The lowest BCUT2D eigenvalue weighted by molar-refractivity contribution is -0.118. The Morgan fingerprint density at radius 1 is 1.09 bits per heavy atom. The number of halogens is 1. The van der Waals surface area contributed by atoms with E-state index in [9.17, 15) is 9.18 Å². The van der Waals surface area contributed by atoms with Crippen LogP contribution in [-0.4, -0.2) is 25.7 Å². The highest BCUT2D eigenvalue weighted by Gasteiger charge is 2.12. The van der Waals surface area contributed by atoms with Gasteiger partial charge in [-0.15, -0.1) is 0 Å². The molecule has 0 saturated carbocycles. The third kappa shape index (κ3) is 3.46. The number of hydrogen-bond donors (Lipinski definition) is 1. The quantitative estimate of drug-likeness (QED) is 0.943. The first-order valence-electron chi connectivity index (χ1n) is 6.78. The Kier molecular flexibility index (Phi) is 4.09. The van der Waals surface area contributed by atoms with Crippen molar-refractivity contribution in [3.63, 3.8) is 0 Å². The summed E-state index contributed by atoms with van der Waals surface area (Å²) in [6.45, 7) is 0.853. The van der Waals surface area contributed by atoms with Gasteiger partial charge in [0.1, 0.15) is 24.8 Å². The van der Waals surface area contributed by atoms with Crippen molar-refractivity contribution in [2.24, 2.45) is 0 Å². The molecule has 0 spiro atoms. The van der Waals surface area contributed by atoms with E-state index in [2.05, 4.69) is 5.32 Å². The highest BCUT2D eigenvalue weighted by molar-refractivity contribution is 5.91. The highest BCUT2D eigenvalue weighted by Crippen LogP contribution is 2.33. The summed E-state index contributed by atoms with van der Waals surface area (Å²) in [7, 11) is 0. The zero-order valence-electron chi connectivity index (χ0n) is 11.7. The SMILES string of the molecule is O=C(COc1ccc2c(c1)OCCO2)Nc1ccc(F)cc1. The Bertz CT molecular complexity index is 672. The second-order valence-electron chi connectivity index (χ2n) is 4.65. The number of benzene rings is 2. The molecule has 0 unspecified atom stereocenters. The van der Waals surface area contributed by atoms with Crippen molar-refractivity contribution in [2.75, 3.05) is 25.1 Å². The maximum atomic E-state index is 12.8. The molecule has 114 valence electrons. The molecule has 0 aromatic heterocycles. The standard InChI is InChI=1S/C16H14FNO4/c17-11-1-3-12(4-2-11)18-16(19)10-22-13-5-6-14-15(9-13)21-8-7-20-14/h1-6,9H,7-8,10H2,(H,18,19). The number of fused-ring (bicyclic) bond motifs is 1. The number of carbonyl (C=O) groups excluding carboxylic acids is 1. The summed E-state index contributed by atoms with van der Waals surface area (Å²) in [6, 6.07) is 10.6. The number of ether oxygens (including phenoxy) is 3. The number of rotatable bonds is 4. The van der Waals surface area contributed by atoms with Gasteiger partial charge in [0.2, 0.25) is 0 Å². The molecule has 3 rings (SSSR count). The van der Waals surface area contributed by atoms with Crippen molar-refractivity contribution in [3.8, 4) is 17.2 Å². The fourth-order valence-electron chi connectivity index (χ4n) is 1.99. The summed E-state index contributed by atoms with van der Waals surface area (Å²) in [4.78, 5) is 11.8. The molecule has 1 amide bonds. The van der Waals surface area contributed by atoms with Gasteiger partial charge in [-0.25, -0.2) is 4.39 Å². The molecule has 1 aliphatic heterocycles. The van der Waals surface area contributed by atoms with E-state index < -0.39 is 0 Å². The number of amides is 1. The van der Waals surface area contributed by atoms with Gasteiger partial charge in [0, 0.05) is 11.8 Å². The van der Waals surface area contributed by atoms with Gasteiger partial charge in [-0.05, 0) is 36.4 Å². The fraction of sp³-hybridized carbons (Fsp3) is 0.188. The van der Waals surface area contributed by atoms with Crippen molar-refractivity contribution in [1.82, 2.24) is 0 Å². The van der Waals surface area contributed by atoms with Crippen LogP contribution < -0.4 is 19.5 Å². The smallest absolute Gasteiger partial charge is 0.262 e. The van der Waals surface area contributed by atoms with Crippen LogP contribution in [0.15, 0.2) is 42.5 Å². The van der Waals surface area contributed by atoms with E-state index in [1.54, 1.807) is 18.2 Å². The molecule has 5 nitrogen and oxygen atoms in total. The van der Waals surface area contributed by atoms with Crippen molar-refractivity contribution in [1.29, 1.82) is 0 Å². The van der Waals surface area contributed by atoms with Crippen LogP contribution in [0.1, 0.15) is 0 Å². The molecule has 2 aromatic rings. The monoisotopic (exact) mass is 303 g/mol. The number of anilines is 1. The van der Waals surface area contributed by atoms with E-state index in [0.717, 1.165) is 0 Å². The second-order valence-corrected chi connectivity index (χ2v) is 4.65. The van der Waals surface area contributed by atoms with E-state index in [4.69, 9.17) is 14.2 Å².